The minimum absolute atomic E-state index is 0.733. The van der Waals surface area contributed by atoms with Gasteiger partial charge in [0.2, 0.25) is 0 Å². The second-order valence-electron chi connectivity index (χ2n) is 4.21. The Balaban J connectivity index is 3.09. The Morgan fingerprint density at radius 3 is 2.31 bits per heavy atom. The first-order valence-corrected chi connectivity index (χ1v) is 6.97. The summed E-state index contributed by atoms with van der Waals surface area (Å²) in [6, 6.07) is 0. The molecule has 0 rings (SSSR count). The second kappa shape index (κ2) is 12.9. The van der Waals surface area contributed by atoms with E-state index in [1.54, 1.807) is 7.11 Å². The van der Waals surface area contributed by atoms with Crippen molar-refractivity contribution in [1.82, 2.24) is 5.32 Å². The molecule has 0 bridgehead atoms. The molecule has 0 heterocycles. The second-order valence-corrected chi connectivity index (χ2v) is 4.71. The molecule has 0 unspecified atom stereocenters. The van der Waals surface area contributed by atoms with Crippen molar-refractivity contribution in [3.8, 4) is 0 Å². The molecule has 0 aliphatic heterocycles. The molecule has 3 heteroatoms. The summed E-state index contributed by atoms with van der Waals surface area (Å²) in [6.07, 6.45) is 10.4. The highest BCUT2D eigenvalue weighted by Crippen LogP contribution is 2.08. The monoisotopic (exact) mass is 245 g/mol. The van der Waals surface area contributed by atoms with Crippen LogP contribution in [0.3, 0.4) is 0 Å². The molecule has 0 aliphatic carbocycles. The SMILES string of the molecule is CCCCCCCCCC(=S)NCCOC. The number of nitrogens with one attached hydrogen (secondary N) is 1. The van der Waals surface area contributed by atoms with Gasteiger partial charge in [0.15, 0.2) is 0 Å². The normalized spacial score (nSPS) is 10.4. The highest BCUT2D eigenvalue weighted by atomic mass is 32.1. The third-order valence-electron chi connectivity index (χ3n) is 2.64. The van der Waals surface area contributed by atoms with Gasteiger partial charge in [0.1, 0.15) is 0 Å². The van der Waals surface area contributed by atoms with E-state index in [1.807, 2.05) is 0 Å². The van der Waals surface area contributed by atoms with E-state index in [1.165, 1.54) is 44.9 Å². The maximum absolute atomic E-state index is 5.22. The molecule has 96 valence electrons. The number of unbranched alkanes of at least 4 members (excludes halogenated alkanes) is 6. The van der Waals surface area contributed by atoms with Gasteiger partial charge in [-0.3, -0.25) is 0 Å². The van der Waals surface area contributed by atoms with Crippen molar-refractivity contribution in [2.24, 2.45) is 0 Å². The molecule has 0 radical (unpaired) electrons. The summed E-state index contributed by atoms with van der Waals surface area (Å²) < 4.78 is 4.95. The average molecular weight is 245 g/mol. The molecule has 0 spiro atoms. The van der Waals surface area contributed by atoms with E-state index in [0.717, 1.165) is 24.6 Å². The molecule has 1 N–H and O–H groups in total. The first-order chi connectivity index (χ1) is 7.81. The topological polar surface area (TPSA) is 21.3 Å². The van der Waals surface area contributed by atoms with Gasteiger partial charge in [0.05, 0.1) is 11.6 Å². The Morgan fingerprint density at radius 1 is 1.06 bits per heavy atom. The summed E-state index contributed by atoms with van der Waals surface area (Å²) in [4.78, 5) is 0.991. The van der Waals surface area contributed by atoms with Crippen LogP contribution < -0.4 is 5.32 Å². The standard InChI is InChI=1S/C13H27NOS/c1-3-4-5-6-7-8-9-10-13(16)14-11-12-15-2/h3-12H2,1-2H3,(H,14,16). The lowest BCUT2D eigenvalue weighted by Crippen LogP contribution is -2.25. The summed E-state index contributed by atoms with van der Waals surface area (Å²) in [5, 5.41) is 3.20. The zero-order valence-corrected chi connectivity index (χ0v) is 11.7. The maximum atomic E-state index is 5.22. The fourth-order valence-corrected chi connectivity index (χ4v) is 1.87. The van der Waals surface area contributed by atoms with Crippen LogP contribution in [-0.4, -0.2) is 25.2 Å². The van der Waals surface area contributed by atoms with Crippen LogP contribution >= 0.6 is 12.2 Å². The van der Waals surface area contributed by atoms with E-state index in [-0.39, 0.29) is 0 Å². The molecule has 0 fully saturated rings. The number of ether oxygens (including phenoxy) is 1. The molecule has 0 atom stereocenters. The van der Waals surface area contributed by atoms with Crippen molar-refractivity contribution in [1.29, 1.82) is 0 Å². The lowest BCUT2D eigenvalue weighted by atomic mass is 10.1. The number of hydrogen-bond acceptors (Lipinski definition) is 2. The fraction of sp³-hybridized carbons (Fsp3) is 0.923. The minimum atomic E-state index is 0.733. The van der Waals surface area contributed by atoms with Gasteiger partial charge in [-0.2, -0.15) is 0 Å². The van der Waals surface area contributed by atoms with E-state index in [2.05, 4.69) is 12.2 Å². The number of thiocarbonyl (C=S) groups is 1. The molecule has 0 aliphatic rings. The lowest BCUT2D eigenvalue weighted by molar-refractivity contribution is 0.204. The van der Waals surface area contributed by atoms with Gasteiger partial charge >= 0.3 is 0 Å². The fourth-order valence-electron chi connectivity index (χ4n) is 1.62. The van der Waals surface area contributed by atoms with Gasteiger partial charge in [-0.25, -0.2) is 0 Å². The van der Waals surface area contributed by atoms with Crippen LogP contribution in [0, 0.1) is 0 Å². The van der Waals surface area contributed by atoms with Crippen molar-refractivity contribution >= 4 is 17.2 Å². The van der Waals surface area contributed by atoms with Crippen LogP contribution in [0.15, 0.2) is 0 Å². The van der Waals surface area contributed by atoms with Crippen molar-refractivity contribution in [2.75, 3.05) is 20.3 Å². The molecule has 0 saturated carbocycles. The number of rotatable bonds is 11. The molecule has 0 aromatic carbocycles. The summed E-state index contributed by atoms with van der Waals surface area (Å²) in [6.45, 7) is 3.83. The average Bonchev–Trinajstić information content (AvgIpc) is 2.28. The van der Waals surface area contributed by atoms with E-state index < -0.39 is 0 Å². The van der Waals surface area contributed by atoms with Gasteiger partial charge in [0, 0.05) is 13.7 Å². The lowest BCUT2D eigenvalue weighted by Gasteiger charge is -2.06. The predicted octanol–water partition coefficient (Wildman–Crippen LogP) is 3.69. The Morgan fingerprint density at radius 2 is 1.69 bits per heavy atom. The quantitative estimate of drug-likeness (QED) is 0.443. The van der Waals surface area contributed by atoms with Crippen LogP contribution in [0.5, 0.6) is 0 Å². The summed E-state index contributed by atoms with van der Waals surface area (Å²) in [5.41, 5.74) is 0. The van der Waals surface area contributed by atoms with Crippen LogP contribution in [0.1, 0.15) is 58.3 Å². The van der Waals surface area contributed by atoms with Crippen LogP contribution in [-0.2, 0) is 4.74 Å². The molecule has 0 amide bonds. The van der Waals surface area contributed by atoms with Crippen LogP contribution in [0.25, 0.3) is 0 Å². The highest BCUT2D eigenvalue weighted by Gasteiger charge is 1.96. The summed E-state index contributed by atoms with van der Waals surface area (Å²) in [7, 11) is 1.71. The molecule has 0 aromatic rings. The summed E-state index contributed by atoms with van der Waals surface area (Å²) in [5.74, 6) is 0. The number of hydrogen-bond donors (Lipinski definition) is 1. The first-order valence-electron chi connectivity index (χ1n) is 6.57. The van der Waals surface area contributed by atoms with Gasteiger partial charge in [-0.05, 0) is 12.8 Å². The molecule has 0 saturated heterocycles. The Kier molecular flexibility index (Phi) is 12.8. The van der Waals surface area contributed by atoms with Crippen molar-refractivity contribution in [3.63, 3.8) is 0 Å². The zero-order chi connectivity index (χ0) is 12.1. The van der Waals surface area contributed by atoms with Gasteiger partial charge in [0.25, 0.3) is 0 Å². The van der Waals surface area contributed by atoms with E-state index in [9.17, 15) is 0 Å². The van der Waals surface area contributed by atoms with Gasteiger partial charge in [-0.15, -0.1) is 0 Å². The molecule has 2 nitrogen and oxygen atoms in total. The van der Waals surface area contributed by atoms with Gasteiger partial charge in [-0.1, -0.05) is 57.7 Å². The van der Waals surface area contributed by atoms with Crippen LogP contribution in [0.4, 0.5) is 0 Å². The van der Waals surface area contributed by atoms with Crippen LogP contribution in [0.2, 0.25) is 0 Å². The third kappa shape index (κ3) is 11.9. The predicted molar refractivity (Wildman–Crippen MR) is 75.1 cm³/mol. The van der Waals surface area contributed by atoms with Gasteiger partial charge < -0.3 is 10.1 Å². The smallest absolute Gasteiger partial charge is 0.0754 e. The Bertz CT molecular complexity index is 162. The zero-order valence-electron chi connectivity index (χ0n) is 10.9. The minimum Gasteiger partial charge on any atom is -0.383 e. The van der Waals surface area contributed by atoms with Crippen molar-refractivity contribution in [2.45, 2.75) is 58.3 Å². The molecular weight excluding hydrogens is 218 g/mol. The third-order valence-corrected chi connectivity index (χ3v) is 2.98. The Labute approximate surface area is 106 Å². The molecule has 16 heavy (non-hydrogen) atoms. The number of methoxy groups -OCH3 is 1. The van der Waals surface area contributed by atoms with Crippen molar-refractivity contribution in [3.05, 3.63) is 0 Å². The van der Waals surface area contributed by atoms with E-state index >= 15 is 0 Å². The maximum Gasteiger partial charge on any atom is 0.0754 e. The van der Waals surface area contributed by atoms with Crippen molar-refractivity contribution < 1.29 is 4.74 Å². The van der Waals surface area contributed by atoms with E-state index in [4.69, 9.17) is 17.0 Å². The summed E-state index contributed by atoms with van der Waals surface area (Å²) >= 11 is 5.22. The molecule has 0 aromatic heterocycles. The largest absolute Gasteiger partial charge is 0.383 e. The first kappa shape index (κ1) is 15.9. The Hall–Kier alpha value is -0.150. The molecular formula is C13H27NOS. The van der Waals surface area contributed by atoms with E-state index in [0.29, 0.717) is 0 Å². The highest BCUT2D eigenvalue weighted by molar-refractivity contribution is 7.80.